The van der Waals surface area contributed by atoms with E-state index in [0.717, 1.165) is 9.45 Å². The first-order chi connectivity index (χ1) is 7.24. The van der Waals surface area contributed by atoms with Gasteiger partial charge in [-0.1, -0.05) is 0 Å². The number of hydrogen-bond donors (Lipinski definition) is 0. The molecule has 0 aliphatic rings. The number of imidazole rings is 1. The maximum Gasteiger partial charge on any atom is 0.135 e. The fraction of sp³-hybridized carbons (Fsp3) is 0.300. The van der Waals surface area contributed by atoms with Crippen LogP contribution in [0.1, 0.15) is 12.5 Å². The first-order valence-electron chi connectivity index (χ1n) is 4.63. The Hall–Kier alpha value is -0.560. The number of ether oxygens (including phenoxy) is 1. The first-order valence-corrected chi connectivity index (χ1v) is 6.59. The van der Waals surface area contributed by atoms with Gasteiger partial charge in [0.2, 0.25) is 0 Å². The summed E-state index contributed by atoms with van der Waals surface area (Å²) in [5.74, 6) is 0.974. The van der Waals surface area contributed by atoms with Crippen LogP contribution in [0.5, 0.6) is 5.75 Å². The Morgan fingerprint density at radius 1 is 1.60 bits per heavy atom. The lowest BCUT2D eigenvalue weighted by Crippen LogP contribution is -1.95. The smallest absolute Gasteiger partial charge is 0.135 e. The molecule has 80 valence electrons. The molecule has 0 aromatic carbocycles. The minimum absolute atomic E-state index is 0.706. The van der Waals surface area contributed by atoms with Crippen LogP contribution in [-0.2, 0) is 0 Å². The largest absolute Gasteiger partial charge is 0.493 e. The second-order valence-corrected chi connectivity index (χ2v) is 5.01. The number of rotatable bonds is 3. The molecule has 2 aromatic rings. The van der Waals surface area contributed by atoms with E-state index >= 15 is 0 Å². The van der Waals surface area contributed by atoms with Crippen LogP contribution < -0.4 is 4.74 Å². The molecule has 3 nitrogen and oxygen atoms in total. The number of halogens is 1. The molecule has 0 aliphatic heterocycles. The van der Waals surface area contributed by atoms with Crippen molar-refractivity contribution >= 4 is 33.9 Å². The molecule has 0 radical (unpaired) electrons. The van der Waals surface area contributed by atoms with Crippen molar-refractivity contribution in [2.24, 2.45) is 0 Å². The minimum atomic E-state index is 0.706. The van der Waals surface area contributed by atoms with E-state index in [1.54, 1.807) is 11.3 Å². The zero-order valence-electron chi connectivity index (χ0n) is 8.53. The van der Waals surface area contributed by atoms with E-state index in [0.29, 0.717) is 6.61 Å². The zero-order chi connectivity index (χ0) is 10.8. The fourth-order valence-corrected chi connectivity index (χ4v) is 3.05. The summed E-state index contributed by atoms with van der Waals surface area (Å²) in [6.07, 6.45) is 3.68. The van der Waals surface area contributed by atoms with Gasteiger partial charge in [0.15, 0.2) is 0 Å². The van der Waals surface area contributed by atoms with E-state index < -0.39 is 0 Å². The molecular formula is C10H11IN2OS. The second kappa shape index (κ2) is 4.52. The zero-order valence-corrected chi connectivity index (χ0v) is 11.5. The summed E-state index contributed by atoms with van der Waals surface area (Å²) in [6, 6.07) is 0. The van der Waals surface area contributed by atoms with Crippen LogP contribution in [0.4, 0.5) is 0 Å². The van der Waals surface area contributed by atoms with Gasteiger partial charge in [-0.3, -0.25) is 4.57 Å². The molecule has 0 N–H and O–H groups in total. The molecule has 0 atom stereocenters. The summed E-state index contributed by atoms with van der Waals surface area (Å²) in [5, 5.41) is 3.23. The predicted molar refractivity (Wildman–Crippen MR) is 70.1 cm³/mol. The van der Waals surface area contributed by atoms with Crippen molar-refractivity contribution < 1.29 is 4.74 Å². The summed E-state index contributed by atoms with van der Waals surface area (Å²) >= 11 is 3.95. The first kappa shape index (κ1) is 10.9. The molecule has 0 saturated heterocycles. The summed E-state index contributed by atoms with van der Waals surface area (Å²) in [7, 11) is 0. The second-order valence-electron chi connectivity index (χ2n) is 3.05. The van der Waals surface area contributed by atoms with Gasteiger partial charge < -0.3 is 4.74 Å². The third-order valence-corrected chi connectivity index (χ3v) is 3.94. The third kappa shape index (κ3) is 2.03. The molecule has 0 fully saturated rings. The van der Waals surface area contributed by atoms with Crippen LogP contribution in [0.2, 0.25) is 0 Å². The van der Waals surface area contributed by atoms with Gasteiger partial charge in [-0.15, -0.1) is 11.3 Å². The van der Waals surface area contributed by atoms with E-state index in [1.165, 1.54) is 10.6 Å². The average Bonchev–Trinajstić information content (AvgIpc) is 2.76. The van der Waals surface area contributed by atoms with Crippen molar-refractivity contribution in [3.05, 3.63) is 27.2 Å². The highest BCUT2D eigenvalue weighted by atomic mass is 127. The Kier molecular flexibility index (Phi) is 3.30. The van der Waals surface area contributed by atoms with Crippen LogP contribution in [0, 0.1) is 10.6 Å². The standard InChI is InChI=1S/C10H11IN2OS/c1-3-14-8-5-15-10(7(8)2)13-6-12-4-9(13)11/h4-6H,3H2,1-2H3. The molecule has 2 rings (SSSR count). The highest BCUT2D eigenvalue weighted by Gasteiger charge is 2.11. The molecule has 0 spiro atoms. The maximum atomic E-state index is 5.53. The van der Waals surface area contributed by atoms with E-state index in [9.17, 15) is 0 Å². The highest BCUT2D eigenvalue weighted by Crippen LogP contribution is 2.32. The van der Waals surface area contributed by atoms with Crippen LogP contribution in [-0.4, -0.2) is 16.2 Å². The lowest BCUT2D eigenvalue weighted by Gasteiger charge is -2.04. The van der Waals surface area contributed by atoms with Crippen molar-refractivity contribution in [1.29, 1.82) is 0 Å². The predicted octanol–water partition coefficient (Wildman–Crippen LogP) is 3.25. The Labute approximate surface area is 106 Å². The van der Waals surface area contributed by atoms with Gasteiger partial charge in [0, 0.05) is 10.9 Å². The number of thiophene rings is 1. The summed E-state index contributed by atoms with van der Waals surface area (Å²) in [6.45, 7) is 4.78. The third-order valence-electron chi connectivity index (χ3n) is 2.08. The van der Waals surface area contributed by atoms with Crippen LogP contribution in [0.15, 0.2) is 17.9 Å². The molecular weight excluding hydrogens is 323 g/mol. The lowest BCUT2D eigenvalue weighted by molar-refractivity contribution is 0.339. The van der Waals surface area contributed by atoms with E-state index in [1.807, 2.05) is 24.8 Å². The van der Waals surface area contributed by atoms with Crippen molar-refractivity contribution in [1.82, 2.24) is 9.55 Å². The molecule has 0 unspecified atom stereocenters. The lowest BCUT2D eigenvalue weighted by atomic mass is 10.3. The normalized spacial score (nSPS) is 10.6. The summed E-state index contributed by atoms with van der Waals surface area (Å²) in [4.78, 5) is 4.12. The van der Waals surface area contributed by atoms with Gasteiger partial charge in [0.05, 0.1) is 12.8 Å². The van der Waals surface area contributed by atoms with Crippen molar-refractivity contribution in [3.8, 4) is 10.8 Å². The summed E-state index contributed by atoms with van der Waals surface area (Å²) in [5.41, 5.74) is 1.18. The number of hydrogen-bond acceptors (Lipinski definition) is 3. The molecule has 15 heavy (non-hydrogen) atoms. The SMILES string of the molecule is CCOc1csc(-n2cncc2I)c1C. The monoisotopic (exact) mass is 334 g/mol. The Bertz CT molecular complexity index is 464. The molecule has 5 heteroatoms. The Morgan fingerprint density at radius 2 is 2.40 bits per heavy atom. The van der Waals surface area contributed by atoms with Crippen LogP contribution in [0.25, 0.3) is 5.00 Å². The molecule has 2 heterocycles. The molecule has 0 saturated carbocycles. The maximum absolute atomic E-state index is 5.53. The van der Waals surface area contributed by atoms with E-state index in [-0.39, 0.29) is 0 Å². The number of nitrogens with zero attached hydrogens (tertiary/aromatic N) is 2. The van der Waals surface area contributed by atoms with E-state index in [4.69, 9.17) is 4.74 Å². The van der Waals surface area contributed by atoms with Gasteiger partial charge in [-0.05, 0) is 36.4 Å². The van der Waals surface area contributed by atoms with Crippen LogP contribution in [0.3, 0.4) is 0 Å². The Balaban J connectivity index is 2.42. The topological polar surface area (TPSA) is 27.1 Å². The van der Waals surface area contributed by atoms with Gasteiger partial charge in [-0.2, -0.15) is 0 Å². The quantitative estimate of drug-likeness (QED) is 0.806. The minimum Gasteiger partial charge on any atom is -0.493 e. The van der Waals surface area contributed by atoms with E-state index in [2.05, 4.69) is 39.1 Å². The highest BCUT2D eigenvalue weighted by molar-refractivity contribution is 14.1. The average molecular weight is 334 g/mol. The van der Waals surface area contributed by atoms with Crippen molar-refractivity contribution in [2.75, 3.05) is 6.61 Å². The fourth-order valence-electron chi connectivity index (χ4n) is 1.36. The Morgan fingerprint density at radius 3 is 3.00 bits per heavy atom. The molecule has 0 amide bonds. The van der Waals surface area contributed by atoms with Crippen molar-refractivity contribution in [2.45, 2.75) is 13.8 Å². The number of aromatic nitrogens is 2. The summed E-state index contributed by atoms with van der Waals surface area (Å²) < 4.78 is 8.71. The molecule has 0 aliphatic carbocycles. The molecule has 2 aromatic heterocycles. The van der Waals surface area contributed by atoms with Gasteiger partial charge >= 0.3 is 0 Å². The van der Waals surface area contributed by atoms with Gasteiger partial charge in [0.1, 0.15) is 20.8 Å². The van der Waals surface area contributed by atoms with Gasteiger partial charge in [0.25, 0.3) is 0 Å². The molecule has 0 bridgehead atoms. The van der Waals surface area contributed by atoms with Crippen LogP contribution >= 0.6 is 33.9 Å². The van der Waals surface area contributed by atoms with Gasteiger partial charge in [-0.25, -0.2) is 4.98 Å². The van der Waals surface area contributed by atoms with Crippen molar-refractivity contribution in [3.63, 3.8) is 0 Å².